The number of carbonyl (C=O) groups is 2. The van der Waals surface area contributed by atoms with E-state index in [9.17, 15) is 9.59 Å². The van der Waals surface area contributed by atoms with Crippen LogP contribution in [-0.4, -0.2) is 16.8 Å². The van der Waals surface area contributed by atoms with Crippen molar-refractivity contribution in [2.75, 3.05) is 0 Å². The molecule has 2 amide bonds. The molecule has 1 aromatic heterocycles. The Kier molecular flexibility index (Phi) is 3.24. The Bertz CT molecular complexity index is 791. The summed E-state index contributed by atoms with van der Waals surface area (Å²) in [5.41, 5.74) is 3.74. The van der Waals surface area contributed by atoms with Crippen molar-refractivity contribution >= 4 is 23.5 Å². The first-order valence-electron chi connectivity index (χ1n) is 7.22. The highest BCUT2D eigenvalue weighted by Gasteiger charge is 2.26. The number of aromatic amines is 1. The highest BCUT2D eigenvalue weighted by atomic mass is 16.2. The van der Waals surface area contributed by atoms with Gasteiger partial charge in [0, 0.05) is 28.6 Å². The van der Waals surface area contributed by atoms with Crippen molar-refractivity contribution in [2.24, 2.45) is 0 Å². The molecule has 0 atom stereocenters. The topological polar surface area (TPSA) is 62.0 Å². The highest BCUT2D eigenvalue weighted by Crippen LogP contribution is 2.28. The van der Waals surface area contributed by atoms with E-state index in [2.05, 4.69) is 31.1 Å². The Labute approximate surface area is 129 Å². The summed E-state index contributed by atoms with van der Waals surface area (Å²) in [4.78, 5) is 27.2. The molecular formula is C18H18N2O2. The molecule has 0 aliphatic carbocycles. The number of H-pyrrole nitrogens is 1. The van der Waals surface area contributed by atoms with Gasteiger partial charge in [0.15, 0.2) is 0 Å². The van der Waals surface area contributed by atoms with Crippen LogP contribution in [0.15, 0.2) is 36.5 Å². The van der Waals surface area contributed by atoms with Gasteiger partial charge in [-0.05, 0) is 29.2 Å². The van der Waals surface area contributed by atoms with Gasteiger partial charge in [0.05, 0.1) is 0 Å². The zero-order valence-electron chi connectivity index (χ0n) is 12.9. The summed E-state index contributed by atoms with van der Waals surface area (Å²) in [6.45, 7) is 6.40. The molecule has 22 heavy (non-hydrogen) atoms. The van der Waals surface area contributed by atoms with Crippen molar-refractivity contribution in [3.05, 3.63) is 58.9 Å². The summed E-state index contributed by atoms with van der Waals surface area (Å²) in [5.74, 6) is -0.713. The van der Waals surface area contributed by atoms with Crippen molar-refractivity contribution in [1.29, 1.82) is 0 Å². The van der Waals surface area contributed by atoms with Crippen LogP contribution in [0.4, 0.5) is 0 Å². The van der Waals surface area contributed by atoms with E-state index in [1.807, 2.05) is 18.3 Å². The zero-order valence-corrected chi connectivity index (χ0v) is 12.9. The fourth-order valence-electron chi connectivity index (χ4n) is 2.50. The van der Waals surface area contributed by atoms with Crippen molar-refractivity contribution in [1.82, 2.24) is 10.3 Å². The van der Waals surface area contributed by atoms with Crippen LogP contribution in [0.1, 0.15) is 48.0 Å². The second-order valence-electron chi connectivity index (χ2n) is 6.48. The molecule has 0 radical (unpaired) electrons. The van der Waals surface area contributed by atoms with E-state index in [4.69, 9.17) is 0 Å². The number of imide groups is 1. The lowest BCUT2D eigenvalue weighted by Crippen LogP contribution is -2.36. The molecule has 112 valence electrons. The third kappa shape index (κ3) is 2.48. The minimum Gasteiger partial charge on any atom is -0.361 e. The van der Waals surface area contributed by atoms with Crippen molar-refractivity contribution < 1.29 is 9.59 Å². The van der Waals surface area contributed by atoms with Gasteiger partial charge in [0.1, 0.15) is 0 Å². The normalized spacial score (nSPS) is 16.6. The fourth-order valence-corrected chi connectivity index (χ4v) is 2.50. The molecule has 0 fully saturated rings. The highest BCUT2D eigenvalue weighted by molar-refractivity contribution is 6.33. The number of fused-ring (bicyclic) bond motifs is 1. The van der Waals surface area contributed by atoms with Gasteiger partial charge in [0.2, 0.25) is 0 Å². The summed E-state index contributed by atoms with van der Waals surface area (Å²) in [6.07, 6.45) is 3.74. The van der Waals surface area contributed by atoms with E-state index in [1.165, 1.54) is 5.56 Å². The molecule has 1 aliphatic heterocycles. The third-order valence-corrected chi connectivity index (χ3v) is 3.80. The van der Waals surface area contributed by atoms with Gasteiger partial charge in [-0.15, -0.1) is 0 Å². The molecule has 0 bridgehead atoms. The van der Waals surface area contributed by atoms with Crippen LogP contribution in [0.2, 0.25) is 0 Å². The number of nitrogens with one attached hydrogen (secondary N) is 2. The fraction of sp³-hybridized carbons (Fsp3) is 0.222. The number of hydrogen-bond donors (Lipinski definition) is 2. The molecule has 2 aromatic rings. The van der Waals surface area contributed by atoms with Gasteiger partial charge in [-0.2, -0.15) is 0 Å². The van der Waals surface area contributed by atoms with Gasteiger partial charge in [-0.1, -0.05) is 39.0 Å². The largest absolute Gasteiger partial charge is 0.361 e. The summed E-state index contributed by atoms with van der Waals surface area (Å²) >= 11 is 0. The van der Waals surface area contributed by atoms with Crippen LogP contribution in [-0.2, 0) is 10.2 Å². The number of hydrogen-bond acceptors (Lipinski definition) is 2. The predicted molar refractivity (Wildman–Crippen MR) is 86.3 cm³/mol. The molecule has 1 aliphatic rings. The number of benzene rings is 1. The lowest BCUT2D eigenvalue weighted by molar-refractivity contribution is -0.114. The summed E-state index contributed by atoms with van der Waals surface area (Å²) in [5, 5.41) is 2.38. The van der Waals surface area contributed by atoms with E-state index in [0.29, 0.717) is 16.7 Å². The monoisotopic (exact) mass is 294 g/mol. The standard InChI is InChI=1S/C18H18N2O2/c1-18(2,3)11-8-12(19-10-11)9-15-13-6-4-5-7-14(13)16(21)20-17(15)22/h4-10,19H,1-3H3,(H,20,21,22)/b15-9-. The van der Waals surface area contributed by atoms with E-state index in [1.54, 1.807) is 24.3 Å². The molecule has 0 spiro atoms. The molecule has 3 rings (SSSR count). The minimum atomic E-state index is -0.365. The maximum atomic E-state index is 12.2. The number of aromatic nitrogens is 1. The Hall–Kier alpha value is -2.62. The Morgan fingerprint density at radius 3 is 2.32 bits per heavy atom. The molecule has 0 saturated heterocycles. The second kappa shape index (κ2) is 4.98. The van der Waals surface area contributed by atoms with Crippen molar-refractivity contribution in [2.45, 2.75) is 26.2 Å². The average molecular weight is 294 g/mol. The second-order valence-corrected chi connectivity index (χ2v) is 6.48. The van der Waals surface area contributed by atoms with Crippen LogP contribution in [0.3, 0.4) is 0 Å². The summed E-state index contributed by atoms with van der Waals surface area (Å²) in [7, 11) is 0. The molecule has 2 heterocycles. The zero-order chi connectivity index (χ0) is 15.9. The van der Waals surface area contributed by atoms with Gasteiger partial charge in [-0.25, -0.2) is 0 Å². The van der Waals surface area contributed by atoms with Crippen LogP contribution in [0, 0.1) is 0 Å². The van der Waals surface area contributed by atoms with Crippen LogP contribution < -0.4 is 5.32 Å². The predicted octanol–water partition coefficient (Wildman–Crippen LogP) is 3.12. The molecule has 0 unspecified atom stereocenters. The van der Waals surface area contributed by atoms with Gasteiger partial charge < -0.3 is 4.98 Å². The van der Waals surface area contributed by atoms with E-state index < -0.39 is 0 Å². The molecule has 1 aromatic carbocycles. The van der Waals surface area contributed by atoms with Crippen LogP contribution in [0.25, 0.3) is 11.6 Å². The van der Waals surface area contributed by atoms with E-state index >= 15 is 0 Å². The summed E-state index contributed by atoms with van der Waals surface area (Å²) in [6, 6.07) is 9.16. The first-order chi connectivity index (χ1) is 10.4. The number of amides is 2. The Morgan fingerprint density at radius 1 is 1.00 bits per heavy atom. The van der Waals surface area contributed by atoms with Gasteiger partial charge in [-0.3, -0.25) is 14.9 Å². The quantitative estimate of drug-likeness (QED) is 0.627. The first-order valence-corrected chi connectivity index (χ1v) is 7.22. The minimum absolute atomic E-state index is 0.0377. The van der Waals surface area contributed by atoms with Gasteiger partial charge >= 0.3 is 0 Å². The summed E-state index contributed by atoms with van der Waals surface area (Å²) < 4.78 is 0. The maximum Gasteiger partial charge on any atom is 0.258 e. The first kappa shape index (κ1) is 14.3. The van der Waals surface area contributed by atoms with Crippen LogP contribution in [0.5, 0.6) is 0 Å². The number of carbonyl (C=O) groups excluding carboxylic acids is 2. The molecule has 4 nitrogen and oxygen atoms in total. The van der Waals surface area contributed by atoms with E-state index in [-0.39, 0.29) is 17.2 Å². The lowest BCUT2D eigenvalue weighted by Gasteiger charge is -2.17. The molecular weight excluding hydrogens is 276 g/mol. The Balaban J connectivity index is 2.07. The van der Waals surface area contributed by atoms with Crippen molar-refractivity contribution in [3.63, 3.8) is 0 Å². The van der Waals surface area contributed by atoms with Crippen molar-refractivity contribution in [3.8, 4) is 0 Å². The lowest BCUT2D eigenvalue weighted by atomic mass is 9.89. The SMILES string of the molecule is CC(C)(C)c1c[nH]c(/C=C2\C(=O)NC(=O)c3ccccc32)c1. The number of rotatable bonds is 1. The molecule has 4 heteroatoms. The van der Waals surface area contributed by atoms with Gasteiger partial charge in [0.25, 0.3) is 11.8 Å². The maximum absolute atomic E-state index is 12.2. The smallest absolute Gasteiger partial charge is 0.258 e. The average Bonchev–Trinajstić information content (AvgIpc) is 2.92. The van der Waals surface area contributed by atoms with E-state index in [0.717, 1.165) is 5.69 Å². The third-order valence-electron chi connectivity index (χ3n) is 3.80. The molecule has 0 saturated carbocycles. The van der Waals surface area contributed by atoms with Crippen LogP contribution >= 0.6 is 0 Å². The Morgan fingerprint density at radius 2 is 1.68 bits per heavy atom. The molecule has 2 N–H and O–H groups in total.